The van der Waals surface area contributed by atoms with Crippen molar-refractivity contribution in [1.29, 1.82) is 0 Å². The Hall–Kier alpha value is -1.68. The van der Waals surface area contributed by atoms with Gasteiger partial charge in [-0.15, -0.1) is 0 Å². The number of amides is 1. The summed E-state index contributed by atoms with van der Waals surface area (Å²) in [5, 5.41) is 2.89. The lowest BCUT2D eigenvalue weighted by Gasteiger charge is -2.15. The first-order valence-corrected chi connectivity index (χ1v) is 6.23. The van der Waals surface area contributed by atoms with Gasteiger partial charge in [0.15, 0.2) is 5.78 Å². The number of hydrogen-bond acceptors (Lipinski definition) is 3. The first-order valence-electron chi connectivity index (χ1n) is 6.23. The number of carbonyl (C=O) groups excluding carboxylic acids is 2. The van der Waals surface area contributed by atoms with Crippen LogP contribution in [0.15, 0.2) is 30.3 Å². The minimum atomic E-state index is -0.00349. The molecule has 18 heavy (non-hydrogen) atoms. The van der Waals surface area contributed by atoms with E-state index in [2.05, 4.69) is 10.2 Å². The lowest BCUT2D eigenvalue weighted by molar-refractivity contribution is -0.119. The maximum absolute atomic E-state index is 12.0. The van der Waals surface area contributed by atoms with Gasteiger partial charge >= 0.3 is 0 Å². The van der Waals surface area contributed by atoms with Crippen LogP contribution in [0.5, 0.6) is 0 Å². The molecule has 1 unspecified atom stereocenters. The Balaban J connectivity index is 1.85. The van der Waals surface area contributed by atoms with E-state index in [1.54, 1.807) is 0 Å². The summed E-state index contributed by atoms with van der Waals surface area (Å²) >= 11 is 0. The molecule has 0 aromatic heterocycles. The highest BCUT2D eigenvalue weighted by molar-refractivity contribution is 5.97. The van der Waals surface area contributed by atoms with Crippen LogP contribution in [0.25, 0.3) is 0 Å². The van der Waals surface area contributed by atoms with Crippen LogP contribution >= 0.6 is 0 Å². The SMILES string of the molecule is CC(=O)NC1CCN(CC(=O)c2ccccc2)C1. The molecule has 4 heteroatoms. The third kappa shape index (κ3) is 3.40. The predicted molar refractivity (Wildman–Crippen MR) is 69.4 cm³/mol. The number of ketones is 1. The molecule has 1 aliphatic rings. The van der Waals surface area contributed by atoms with Gasteiger partial charge in [0.1, 0.15) is 0 Å². The van der Waals surface area contributed by atoms with Gasteiger partial charge in [0.25, 0.3) is 0 Å². The third-order valence-electron chi connectivity index (χ3n) is 3.14. The minimum absolute atomic E-state index is 0.00349. The summed E-state index contributed by atoms with van der Waals surface area (Å²) in [5.74, 6) is 0.135. The standard InChI is InChI=1S/C14H18N2O2/c1-11(17)15-13-7-8-16(9-13)10-14(18)12-5-3-2-4-6-12/h2-6,13H,7-10H2,1H3,(H,15,17). The number of likely N-dealkylation sites (tertiary alicyclic amines) is 1. The Morgan fingerprint density at radius 3 is 2.72 bits per heavy atom. The largest absolute Gasteiger partial charge is 0.352 e. The van der Waals surface area contributed by atoms with Crippen LogP contribution in [0.3, 0.4) is 0 Å². The molecule has 1 atom stereocenters. The van der Waals surface area contributed by atoms with Gasteiger partial charge in [0, 0.05) is 31.6 Å². The van der Waals surface area contributed by atoms with E-state index in [4.69, 9.17) is 0 Å². The predicted octanol–water partition coefficient (Wildman–Crippen LogP) is 1.08. The zero-order valence-electron chi connectivity index (χ0n) is 10.6. The van der Waals surface area contributed by atoms with Crippen molar-refractivity contribution >= 4 is 11.7 Å². The fourth-order valence-corrected chi connectivity index (χ4v) is 2.30. The highest BCUT2D eigenvalue weighted by Crippen LogP contribution is 2.10. The lowest BCUT2D eigenvalue weighted by atomic mass is 10.1. The molecule has 1 aromatic carbocycles. The minimum Gasteiger partial charge on any atom is -0.352 e. The smallest absolute Gasteiger partial charge is 0.217 e. The summed E-state index contributed by atoms with van der Waals surface area (Å²) in [5.41, 5.74) is 0.750. The van der Waals surface area contributed by atoms with Crippen LogP contribution < -0.4 is 5.32 Å². The van der Waals surface area contributed by atoms with Gasteiger partial charge in [-0.3, -0.25) is 14.5 Å². The first kappa shape index (κ1) is 12.8. The summed E-state index contributed by atoms with van der Waals surface area (Å²) in [6, 6.07) is 9.51. The molecule has 1 saturated heterocycles. The number of rotatable bonds is 4. The van der Waals surface area contributed by atoms with Crippen LogP contribution in [-0.4, -0.2) is 42.3 Å². The highest BCUT2D eigenvalue weighted by Gasteiger charge is 2.24. The van der Waals surface area contributed by atoms with Crippen molar-refractivity contribution in [2.75, 3.05) is 19.6 Å². The molecule has 1 fully saturated rings. The van der Waals surface area contributed by atoms with Crippen molar-refractivity contribution in [3.05, 3.63) is 35.9 Å². The molecular weight excluding hydrogens is 228 g/mol. The van der Waals surface area contributed by atoms with Crippen LogP contribution in [0.1, 0.15) is 23.7 Å². The Morgan fingerprint density at radius 2 is 2.06 bits per heavy atom. The first-order chi connectivity index (χ1) is 8.65. The molecular formula is C14H18N2O2. The molecule has 0 aliphatic carbocycles. The zero-order chi connectivity index (χ0) is 13.0. The van der Waals surface area contributed by atoms with Crippen LogP contribution in [-0.2, 0) is 4.79 Å². The monoisotopic (exact) mass is 246 g/mol. The average molecular weight is 246 g/mol. The zero-order valence-corrected chi connectivity index (χ0v) is 10.6. The van der Waals surface area contributed by atoms with Crippen molar-refractivity contribution < 1.29 is 9.59 Å². The molecule has 0 bridgehead atoms. The topological polar surface area (TPSA) is 49.4 Å². The van der Waals surface area contributed by atoms with Crippen molar-refractivity contribution in [2.45, 2.75) is 19.4 Å². The molecule has 1 heterocycles. The molecule has 0 saturated carbocycles. The number of benzene rings is 1. The van der Waals surface area contributed by atoms with E-state index in [1.165, 1.54) is 6.92 Å². The third-order valence-corrected chi connectivity index (χ3v) is 3.14. The Bertz CT molecular complexity index is 431. The second-order valence-electron chi connectivity index (χ2n) is 4.71. The fourth-order valence-electron chi connectivity index (χ4n) is 2.30. The number of nitrogens with one attached hydrogen (secondary N) is 1. The summed E-state index contributed by atoms with van der Waals surface area (Å²) in [6.07, 6.45) is 0.918. The molecule has 1 aromatic rings. The number of hydrogen-bond donors (Lipinski definition) is 1. The van der Waals surface area contributed by atoms with Crippen molar-refractivity contribution in [3.63, 3.8) is 0 Å². The Kier molecular flexibility index (Phi) is 4.10. The van der Waals surface area contributed by atoms with Crippen molar-refractivity contribution in [1.82, 2.24) is 10.2 Å². The van der Waals surface area contributed by atoms with Crippen molar-refractivity contribution in [3.8, 4) is 0 Å². The molecule has 0 radical (unpaired) electrons. The van der Waals surface area contributed by atoms with Gasteiger partial charge in [-0.2, -0.15) is 0 Å². The maximum Gasteiger partial charge on any atom is 0.217 e. The summed E-state index contributed by atoms with van der Waals surface area (Å²) < 4.78 is 0. The van der Waals surface area contributed by atoms with E-state index >= 15 is 0 Å². The second kappa shape index (κ2) is 5.78. The van der Waals surface area contributed by atoms with Gasteiger partial charge in [-0.05, 0) is 6.42 Å². The van der Waals surface area contributed by atoms with Crippen molar-refractivity contribution in [2.24, 2.45) is 0 Å². The quantitative estimate of drug-likeness (QED) is 0.809. The molecule has 1 aliphatic heterocycles. The summed E-state index contributed by atoms with van der Waals surface area (Å²) in [7, 11) is 0. The van der Waals surface area contributed by atoms with Gasteiger partial charge < -0.3 is 5.32 Å². The van der Waals surface area contributed by atoms with Crippen LogP contribution in [0.2, 0.25) is 0 Å². The van der Waals surface area contributed by atoms with Gasteiger partial charge in [-0.25, -0.2) is 0 Å². The number of Topliss-reactive ketones (excluding diaryl/α,β-unsaturated/α-hetero) is 1. The molecule has 2 rings (SSSR count). The summed E-state index contributed by atoms with van der Waals surface area (Å²) in [6.45, 7) is 3.58. The highest BCUT2D eigenvalue weighted by atomic mass is 16.1. The maximum atomic E-state index is 12.0. The average Bonchev–Trinajstić information content (AvgIpc) is 2.76. The summed E-state index contributed by atoms with van der Waals surface area (Å²) in [4.78, 5) is 25.0. The number of carbonyl (C=O) groups is 2. The second-order valence-corrected chi connectivity index (χ2v) is 4.71. The molecule has 1 amide bonds. The fraction of sp³-hybridized carbons (Fsp3) is 0.429. The van der Waals surface area contributed by atoms with E-state index in [0.29, 0.717) is 6.54 Å². The van der Waals surface area contributed by atoms with Crippen LogP contribution in [0.4, 0.5) is 0 Å². The van der Waals surface area contributed by atoms with Gasteiger partial charge in [-0.1, -0.05) is 30.3 Å². The van der Waals surface area contributed by atoms with E-state index in [9.17, 15) is 9.59 Å². The molecule has 0 spiro atoms. The normalized spacial score (nSPS) is 19.7. The Morgan fingerprint density at radius 1 is 1.33 bits per heavy atom. The lowest BCUT2D eigenvalue weighted by Crippen LogP contribution is -2.36. The van der Waals surface area contributed by atoms with E-state index < -0.39 is 0 Å². The van der Waals surface area contributed by atoms with E-state index in [0.717, 1.165) is 25.1 Å². The number of nitrogens with zero attached hydrogens (tertiary/aromatic N) is 1. The van der Waals surface area contributed by atoms with Gasteiger partial charge in [0.2, 0.25) is 5.91 Å². The molecule has 96 valence electrons. The molecule has 4 nitrogen and oxygen atoms in total. The van der Waals surface area contributed by atoms with Gasteiger partial charge in [0.05, 0.1) is 6.54 Å². The van der Waals surface area contributed by atoms with E-state index in [1.807, 2.05) is 30.3 Å². The van der Waals surface area contributed by atoms with Crippen LogP contribution in [0, 0.1) is 0 Å². The van der Waals surface area contributed by atoms with E-state index in [-0.39, 0.29) is 17.7 Å². The molecule has 1 N–H and O–H groups in total. The Labute approximate surface area is 107 Å².